The van der Waals surface area contributed by atoms with Crippen molar-refractivity contribution in [3.05, 3.63) is 0 Å². The van der Waals surface area contributed by atoms with Crippen molar-refractivity contribution in [2.45, 2.75) is 11.9 Å². The molecule has 2 nitrogen and oxygen atoms in total. The van der Waals surface area contributed by atoms with Gasteiger partial charge >= 0.3 is 0 Å². The van der Waals surface area contributed by atoms with E-state index in [4.69, 9.17) is 4.74 Å². The maximum atomic E-state index is 5.18. The molecule has 0 fully saturated rings. The van der Waals surface area contributed by atoms with Crippen LogP contribution in [0.25, 0.3) is 0 Å². The van der Waals surface area contributed by atoms with E-state index >= 15 is 0 Å². The molecule has 1 atom stereocenters. The molecule has 0 aromatic rings. The molecular formula is C5H10BrNOS. The first-order chi connectivity index (χ1) is 4.20. The maximum absolute atomic E-state index is 5.18. The van der Waals surface area contributed by atoms with E-state index in [1.54, 1.807) is 7.05 Å². The highest BCUT2D eigenvalue weighted by Crippen LogP contribution is 2.07. The molecule has 0 heterocycles. The van der Waals surface area contributed by atoms with Crippen LogP contribution in [0.2, 0.25) is 0 Å². The summed E-state index contributed by atoms with van der Waals surface area (Å²) >= 11 is 4.74. The van der Waals surface area contributed by atoms with Crippen LogP contribution in [0, 0.1) is 0 Å². The van der Waals surface area contributed by atoms with Gasteiger partial charge in [0.05, 0.1) is 0 Å². The zero-order valence-corrected chi connectivity index (χ0v) is 8.12. The third-order valence-electron chi connectivity index (χ3n) is 0.620. The second-order valence-electron chi connectivity index (χ2n) is 1.35. The fourth-order valence-electron chi connectivity index (χ4n) is 0.331. The molecule has 0 bridgehead atoms. The summed E-state index contributed by atoms with van der Waals surface area (Å²) in [4.78, 5) is 3.87. The van der Waals surface area contributed by atoms with Crippen molar-refractivity contribution in [2.24, 2.45) is 4.99 Å². The largest absolute Gasteiger partial charge is 0.458 e. The Morgan fingerprint density at radius 3 is 2.44 bits per heavy atom. The van der Waals surface area contributed by atoms with Crippen molar-refractivity contribution in [3.8, 4) is 0 Å². The molecule has 0 spiro atoms. The lowest BCUT2D eigenvalue weighted by atomic mass is 10.9. The lowest BCUT2D eigenvalue weighted by Crippen LogP contribution is -2.04. The molecule has 0 amide bonds. The van der Waals surface area contributed by atoms with Gasteiger partial charge in [0.25, 0.3) is 0 Å². The number of ether oxygens (including phenoxy) is 1. The Balaban J connectivity index is 3.58. The van der Waals surface area contributed by atoms with Crippen LogP contribution < -0.4 is 0 Å². The standard InChI is InChI=1S/C5H10BrNOS/c1-4(6)8-5(7-2)9-3/h4H,1-3H3/b7-5+. The van der Waals surface area contributed by atoms with E-state index in [0.29, 0.717) is 5.23 Å². The summed E-state index contributed by atoms with van der Waals surface area (Å²) in [5, 5.41) is 0.753. The smallest absolute Gasteiger partial charge is 0.246 e. The highest BCUT2D eigenvalue weighted by atomic mass is 79.9. The SMILES string of the molecule is C/N=C(\OC(C)Br)SC. The molecule has 0 saturated carbocycles. The van der Waals surface area contributed by atoms with Crippen LogP contribution in [0.4, 0.5) is 0 Å². The lowest BCUT2D eigenvalue weighted by molar-refractivity contribution is 0.310. The van der Waals surface area contributed by atoms with Gasteiger partial charge < -0.3 is 4.74 Å². The normalized spacial score (nSPS) is 15.3. The Morgan fingerprint density at radius 1 is 1.78 bits per heavy atom. The van der Waals surface area contributed by atoms with Crippen LogP contribution >= 0.6 is 27.7 Å². The van der Waals surface area contributed by atoms with Gasteiger partial charge in [0.2, 0.25) is 5.23 Å². The number of hydrogen-bond donors (Lipinski definition) is 0. The first kappa shape index (κ1) is 9.30. The van der Waals surface area contributed by atoms with Crippen molar-refractivity contribution in [1.29, 1.82) is 0 Å². The number of nitrogens with zero attached hydrogens (tertiary/aromatic N) is 1. The molecule has 0 aliphatic carbocycles. The van der Waals surface area contributed by atoms with Gasteiger partial charge in [-0.15, -0.1) is 0 Å². The summed E-state index contributed by atoms with van der Waals surface area (Å²) in [7, 11) is 1.71. The van der Waals surface area contributed by atoms with Crippen molar-refractivity contribution >= 4 is 32.9 Å². The molecule has 0 aliphatic rings. The number of thioether (sulfide) groups is 1. The number of aliphatic imine (C=N–C) groups is 1. The predicted octanol–water partition coefficient (Wildman–Crippen LogP) is 2.09. The molecule has 0 N–H and O–H groups in total. The third kappa shape index (κ3) is 4.78. The fourth-order valence-corrected chi connectivity index (χ4v) is 1.05. The highest BCUT2D eigenvalue weighted by Gasteiger charge is 1.99. The molecule has 0 saturated heterocycles. The second-order valence-corrected chi connectivity index (χ2v) is 3.40. The second kappa shape index (κ2) is 5.11. The van der Waals surface area contributed by atoms with Crippen molar-refractivity contribution < 1.29 is 4.74 Å². The molecule has 0 aromatic carbocycles. The van der Waals surface area contributed by atoms with Crippen molar-refractivity contribution in [3.63, 3.8) is 0 Å². The molecule has 54 valence electrons. The summed E-state index contributed by atoms with van der Waals surface area (Å²) in [6.45, 7) is 1.90. The number of rotatable bonds is 1. The van der Waals surface area contributed by atoms with E-state index in [1.807, 2.05) is 13.2 Å². The topological polar surface area (TPSA) is 21.6 Å². The molecule has 1 unspecified atom stereocenters. The van der Waals surface area contributed by atoms with Gasteiger partial charge in [-0.25, -0.2) is 4.99 Å². The number of hydrogen-bond acceptors (Lipinski definition) is 3. The van der Waals surface area contributed by atoms with E-state index in [-0.39, 0.29) is 5.01 Å². The minimum absolute atomic E-state index is 0.0450. The van der Waals surface area contributed by atoms with Crippen molar-refractivity contribution in [2.75, 3.05) is 13.3 Å². The van der Waals surface area contributed by atoms with E-state index in [1.165, 1.54) is 11.8 Å². The van der Waals surface area contributed by atoms with Crippen LogP contribution in [-0.2, 0) is 4.74 Å². The third-order valence-corrected chi connectivity index (χ3v) is 1.44. The minimum atomic E-state index is 0.0450. The Bertz CT molecular complexity index is 105. The molecule has 0 aromatic heterocycles. The van der Waals surface area contributed by atoms with Gasteiger partial charge in [-0.2, -0.15) is 0 Å². The van der Waals surface area contributed by atoms with Crippen LogP contribution in [-0.4, -0.2) is 23.5 Å². The Kier molecular flexibility index (Phi) is 5.28. The molecule has 9 heavy (non-hydrogen) atoms. The van der Waals surface area contributed by atoms with E-state index in [0.717, 1.165) is 0 Å². The molecule has 0 rings (SSSR count). The van der Waals surface area contributed by atoms with Crippen LogP contribution in [0.15, 0.2) is 4.99 Å². The summed E-state index contributed by atoms with van der Waals surface area (Å²) in [6.07, 6.45) is 1.93. The van der Waals surface area contributed by atoms with E-state index in [9.17, 15) is 0 Å². The van der Waals surface area contributed by atoms with Gasteiger partial charge in [0.1, 0.15) is 0 Å². The van der Waals surface area contributed by atoms with Gasteiger partial charge in [0.15, 0.2) is 5.01 Å². The van der Waals surface area contributed by atoms with Gasteiger partial charge in [-0.3, -0.25) is 0 Å². The predicted molar refractivity (Wildman–Crippen MR) is 46.3 cm³/mol. The lowest BCUT2D eigenvalue weighted by Gasteiger charge is -2.06. The van der Waals surface area contributed by atoms with Crippen LogP contribution in [0.1, 0.15) is 6.92 Å². The highest BCUT2D eigenvalue weighted by molar-refractivity contribution is 9.09. The first-order valence-corrected chi connectivity index (χ1v) is 4.66. The minimum Gasteiger partial charge on any atom is -0.458 e. The van der Waals surface area contributed by atoms with Gasteiger partial charge in [0, 0.05) is 7.05 Å². The molecule has 0 aliphatic heterocycles. The first-order valence-electron chi connectivity index (χ1n) is 2.52. The van der Waals surface area contributed by atoms with E-state index in [2.05, 4.69) is 20.9 Å². The zero-order valence-electron chi connectivity index (χ0n) is 5.72. The summed E-state index contributed by atoms with van der Waals surface area (Å²) < 4.78 is 5.18. The average Bonchev–Trinajstić information content (AvgIpc) is 1.82. The molecular weight excluding hydrogens is 202 g/mol. The zero-order chi connectivity index (χ0) is 7.28. The Morgan fingerprint density at radius 2 is 2.33 bits per heavy atom. The molecule has 0 radical (unpaired) electrons. The Hall–Kier alpha value is 0.300. The van der Waals surface area contributed by atoms with Gasteiger partial charge in [-0.1, -0.05) is 11.8 Å². The maximum Gasteiger partial charge on any atom is 0.246 e. The fraction of sp³-hybridized carbons (Fsp3) is 0.800. The number of halogens is 1. The van der Waals surface area contributed by atoms with Crippen LogP contribution in [0.3, 0.4) is 0 Å². The quantitative estimate of drug-likeness (QED) is 0.377. The number of alkyl halides is 1. The molecule has 4 heteroatoms. The Labute approximate surface area is 68.2 Å². The monoisotopic (exact) mass is 211 g/mol. The average molecular weight is 212 g/mol. The summed E-state index contributed by atoms with van der Waals surface area (Å²) in [5.74, 6) is 0. The summed E-state index contributed by atoms with van der Waals surface area (Å²) in [5.41, 5.74) is 0. The van der Waals surface area contributed by atoms with E-state index < -0.39 is 0 Å². The van der Waals surface area contributed by atoms with Gasteiger partial charge in [-0.05, 0) is 29.1 Å². The van der Waals surface area contributed by atoms with Crippen molar-refractivity contribution in [1.82, 2.24) is 0 Å². The van der Waals surface area contributed by atoms with Crippen LogP contribution in [0.5, 0.6) is 0 Å². The summed E-state index contributed by atoms with van der Waals surface area (Å²) in [6, 6.07) is 0.